The molecule has 2 unspecified atom stereocenters. The van der Waals surface area contributed by atoms with Crippen LogP contribution >= 0.6 is 0 Å². The lowest BCUT2D eigenvalue weighted by atomic mass is 9.75. The maximum absolute atomic E-state index is 14.6. The largest absolute Gasteiger partial charge is 0.435 e. The molecule has 0 amide bonds. The number of alkyl halides is 7. The van der Waals surface area contributed by atoms with Crippen molar-refractivity contribution in [2.24, 2.45) is 5.92 Å². The zero-order valence-electron chi connectivity index (χ0n) is 16.7. The third kappa shape index (κ3) is 3.28. The molecule has 33 heavy (non-hydrogen) atoms. The Balaban J connectivity index is 1.92. The van der Waals surface area contributed by atoms with Gasteiger partial charge in [-0.1, -0.05) is 18.2 Å². The second-order valence-corrected chi connectivity index (χ2v) is 10.4. The Morgan fingerprint density at radius 3 is 2.09 bits per heavy atom. The summed E-state index contributed by atoms with van der Waals surface area (Å²) >= 11 is 0. The van der Waals surface area contributed by atoms with Gasteiger partial charge >= 0.3 is 18.0 Å². The van der Waals surface area contributed by atoms with Gasteiger partial charge in [-0.05, 0) is 60.7 Å². The fourth-order valence-corrected chi connectivity index (χ4v) is 7.26. The summed E-state index contributed by atoms with van der Waals surface area (Å²) in [5.74, 6) is -1.22. The van der Waals surface area contributed by atoms with Crippen LogP contribution in [0.15, 0.2) is 47.4 Å². The Kier molecular flexibility index (Phi) is 5.36. The van der Waals surface area contributed by atoms with Gasteiger partial charge in [0.2, 0.25) is 0 Å². The summed E-state index contributed by atoms with van der Waals surface area (Å²) in [7, 11) is -4.26. The molecule has 1 aliphatic carbocycles. The highest BCUT2D eigenvalue weighted by Gasteiger charge is 2.73. The molecule has 2 atom stereocenters. The van der Waals surface area contributed by atoms with Crippen LogP contribution < -0.4 is 5.32 Å². The number of fused-ring (bicyclic) bond motifs is 3. The molecule has 0 aromatic heterocycles. The molecule has 0 saturated carbocycles. The van der Waals surface area contributed by atoms with E-state index in [0.717, 1.165) is 30.3 Å². The van der Waals surface area contributed by atoms with E-state index in [2.05, 4.69) is 5.32 Å². The Morgan fingerprint density at radius 1 is 0.909 bits per heavy atom. The molecule has 180 valence electrons. The van der Waals surface area contributed by atoms with Crippen LogP contribution in [0.3, 0.4) is 0 Å². The van der Waals surface area contributed by atoms with Gasteiger partial charge in [-0.3, -0.25) is 0 Å². The van der Waals surface area contributed by atoms with Crippen LogP contribution in [-0.4, -0.2) is 33.9 Å². The summed E-state index contributed by atoms with van der Waals surface area (Å²) in [4.78, 5) is -0.236. The van der Waals surface area contributed by atoms with Crippen molar-refractivity contribution in [2.45, 2.75) is 40.5 Å². The lowest BCUT2D eigenvalue weighted by Crippen LogP contribution is -2.51. The quantitative estimate of drug-likeness (QED) is 0.480. The van der Waals surface area contributed by atoms with Gasteiger partial charge in [-0.15, -0.1) is 0 Å². The smallest absolute Gasteiger partial charge is 0.314 e. The molecule has 2 aromatic carbocycles. The average molecular weight is 499 g/mol. The van der Waals surface area contributed by atoms with Crippen molar-refractivity contribution in [3.05, 3.63) is 65.0 Å². The maximum atomic E-state index is 14.6. The highest BCUT2D eigenvalue weighted by molar-refractivity contribution is 7.92. The summed E-state index contributed by atoms with van der Waals surface area (Å²) in [6.45, 7) is 0.1000. The van der Waals surface area contributed by atoms with E-state index in [1.807, 2.05) is 0 Å². The lowest BCUT2D eigenvalue weighted by molar-refractivity contribution is -0.348. The third-order valence-corrected chi connectivity index (χ3v) is 9.09. The van der Waals surface area contributed by atoms with Gasteiger partial charge in [0.05, 0.1) is 4.90 Å². The van der Waals surface area contributed by atoms with E-state index in [1.54, 1.807) is 0 Å². The molecule has 1 N–H and O–H groups in total. The molecule has 0 spiro atoms. The first-order chi connectivity index (χ1) is 15.2. The van der Waals surface area contributed by atoms with Crippen LogP contribution in [0.5, 0.6) is 0 Å². The monoisotopic (exact) mass is 499 g/mol. The number of hydrogen-bond donors (Lipinski definition) is 1. The summed E-state index contributed by atoms with van der Waals surface area (Å²) in [6.07, 6.45) is -12.4. The van der Waals surface area contributed by atoms with Crippen molar-refractivity contribution in [2.75, 3.05) is 13.1 Å². The number of rotatable bonds is 3. The van der Waals surface area contributed by atoms with E-state index < -0.39 is 49.9 Å². The van der Waals surface area contributed by atoms with Crippen molar-refractivity contribution >= 4 is 9.84 Å². The van der Waals surface area contributed by atoms with E-state index in [9.17, 15) is 43.5 Å². The number of benzene rings is 2. The molecule has 0 radical (unpaired) electrons. The Hall–Kier alpha value is -2.21. The highest BCUT2D eigenvalue weighted by atomic mass is 32.2. The van der Waals surface area contributed by atoms with E-state index in [-0.39, 0.29) is 42.0 Å². The van der Waals surface area contributed by atoms with Gasteiger partial charge in [-0.2, -0.15) is 26.3 Å². The lowest BCUT2D eigenvalue weighted by Gasteiger charge is -2.40. The second-order valence-electron chi connectivity index (χ2n) is 8.24. The summed E-state index contributed by atoms with van der Waals surface area (Å²) < 4.78 is 133. The fourth-order valence-electron chi connectivity index (χ4n) is 4.92. The first-order valence-corrected chi connectivity index (χ1v) is 11.3. The predicted molar refractivity (Wildman–Crippen MR) is 101 cm³/mol. The standard InChI is InChI=1S/C21H17F8NO2S/c22-15-4-6-16(7-5-15)33(31,32)18-11-30-10-14(18)2-1-12-9-13(3-8-17(12)18)19(23,20(24,25)26)21(27,28)29/h3-9,14,30H,1-2,10-11H2. The minimum atomic E-state index is -6.27. The third-order valence-electron chi connectivity index (χ3n) is 6.54. The van der Waals surface area contributed by atoms with Crippen LogP contribution in [0.25, 0.3) is 0 Å². The van der Waals surface area contributed by atoms with Crippen LogP contribution in [0.1, 0.15) is 23.1 Å². The number of aryl methyl sites for hydroxylation is 1. The van der Waals surface area contributed by atoms with Crippen molar-refractivity contribution in [3.8, 4) is 0 Å². The minimum absolute atomic E-state index is 0.0172. The van der Waals surface area contributed by atoms with Gasteiger partial charge < -0.3 is 5.32 Å². The van der Waals surface area contributed by atoms with Crippen LogP contribution in [0.4, 0.5) is 35.1 Å². The van der Waals surface area contributed by atoms with Crippen molar-refractivity contribution in [3.63, 3.8) is 0 Å². The van der Waals surface area contributed by atoms with E-state index >= 15 is 0 Å². The molecule has 4 rings (SSSR count). The molecule has 0 bridgehead atoms. The topological polar surface area (TPSA) is 46.2 Å². The highest BCUT2D eigenvalue weighted by Crippen LogP contribution is 2.55. The zero-order chi connectivity index (χ0) is 24.4. The molecule has 3 nitrogen and oxygen atoms in total. The Morgan fingerprint density at radius 2 is 1.52 bits per heavy atom. The molecule has 1 saturated heterocycles. The summed E-state index contributed by atoms with van der Waals surface area (Å²) in [5, 5.41) is 2.94. The molecular weight excluding hydrogens is 482 g/mol. The van der Waals surface area contributed by atoms with E-state index in [4.69, 9.17) is 0 Å². The predicted octanol–water partition coefficient (Wildman–Crippen LogP) is 4.95. The number of sulfone groups is 1. The zero-order valence-corrected chi connectivity index (χ0v) is 17.5. The van der Waals surface area contributed by atoms with E-state index in [1.165, 1.54) is 0 Å². The van der Waals surface area contributed by atoms with Gasteiger partial charge in [0, 0.05) is 12.1 Å². The molecule has 1 heterocycles. The first-order valence-electron chi connectivity index (χ1n) is 9.83. The molecule has 1 fully saturated rings. The van der Waals surface area contributed by atoms with Gasteiger partial charge in [-0.25, -0.2) is 17.2 Å². The molecule has 2 aliphatic rings. The Bertz CT molecular complexity index is 1160. The molecular formula is C21H17F8NO2S. The Labute approximate surface area is 183 Å². The first kappa shape index (κ1) is 23.9. The second kappa shape index (κ2) is 7.39. The molecule has 2 aromatic rings. The van der Waals surface area contributed by atoms with Crippen molar-refractivity contribution < 1.29 is 43.5 Å². The fraction of sp³-hybridized carbons (Fsp3) is 0.429. The van der Waals surface area contributed by atoms with Gasteiger partial charge in [0.15, 0.2) is 9.84 Å². The maximum Gasteiger partial charge on any atom is 0.435 e. The minimum Gasteiger partial charge on any atom is -0.314 e. The normalized spacial score (nSPS) is 23.8. The number of halogens is 8. The van der Waals surface area contributed by atoms with Crippen LogP contribution in [0, 0.1) is 11.7 Å². The number of nitrogens with one attached hydrogen (secondary N) is 1. The van der Waals surface area contributed by atoms with Gasteiger partial charge in [0.25, 0.3) is 0 Å². The number of hydrogen-bond acceptors (Lipinski definition) is 3. The SMILES string of the molecule is O=S(=O)(c1ccc(F)cc1)C12CNCC1CCc1cc(C(F)(C(F)(F)F)C(F)(F)F)ccc12. The average Bonchev–Trinajstić information content (AvgIpc) is 3.17. The molecule has 1 aliphatic heterocycles. The van der Waals surface area contributed by atoms with Crippen LogP contribution in [-0.2, 0) is 26.7 Å². The summed E-state index contributed by atoms with van der Waals surface area (Å²) in [5.41, 5.74) is -7.35. The van der Waals surface area contributed by atoms with Crippen molar-refractivity contribution in [1.29, 1.82) is 0 Å². The summed E-state index contributed by atoms with van der Waals surface area (Å²) in [6, 6.07) is 5.65. The van der Waals surface area contributed by atoms with Crippen LogP contribution in [0.2, 0.25) is 0 Å². The van der Waals surface area contributed by atoms with Gasteiger partial charge in [0.1, 0.15) is 10.6 Å². The van der Waals surface area contributed by atoms with E-state index in [0.29, 0.717) is 12.1 Å². The molecule has 12 heteroatoms. The van der Waals surface area contributed by atoms with Crippen molar-refractivity contribution in [1.82, 2.24) is 5.32 Å².